The number of methoxy groups -OCH3 is 1. The fraction of sp³-hybridized carbons (Fsp3) is 0.360. The second kappa shape index (κ2) is 11.2. The Morgan fingerprint density at radius 1 is 1.12 bits per heavy atom. The van der Waals surface area contributed by atoms with Crippen molar-refractivity contribution in [1.82, 2.24) is 15.2 Å². The standard InChI is InChI=1S/C25H30N4O2S/c1-31-22-9-7-20(8-10-22)23-18-32-25(27-23)28-24(30)11-14-26-21-12-15-29(16-13-21)17-19-5-3-2-4-6-19/h2-10,18,21,26H,11-17H2,1H3,(H,27,28,30). The molecule has 7 heteroatoms. The number of likely N-dealkylation sites (tertiary alicyclic amines) is 1. The van der Waals surface area contributed by atoms with Gasteiger partial charge in [0.1, 0.15) is 5.75 Å². The normalized spacial score (nSPS) is 14.9. The number of hydrogen-bond acceptors (Lipinski definition) is 6. The minimum Gasteiger partial charge on any atom is -0.497 e. The molecule has 0 unspecified atom stereocenters. The first-order valence-electron chi connectivity index (χ1n) is 11.1. The molecule has 0 atom stereocenters. The van der Waals surface area contributed by atoms with Crippen LogP contribution in [0.25, 0.3) is 11.3 Å². The number of aromatic nitrogens is 1. The number of carbonyl (C=O) groups excluding carboxylic acids is 1. The van der Waals surface area contributed by atoms with Crippen molar-refractivity contribution in [1.29, 1.82) is 0 Å². The van der Waals surface area contributed by atoms with Crippen LogP contribution in [-0.4, -0.2) is 48.6 Å². The van der Waals surface area contributed by atoms with Gasteiger partial charge in [0.2, 0.25) is 5.91 Å². The van der Waals surface area contributed by atoms with E-state index in [1.54, 1.807) is 7.11 Å². The smallest absolute Gasteiger partial charge is 0.227 e. The van der Waals surface area contributed by atoms with Gasteiger partial charge >= 0.3 is 0 Å². The third-order valence-corrected chi connectivity index (χ3v) is 6.52. The molecule has 0 bridgehead atoms. The molecule has 0 aliphatic carbocycles. The van der Waals surface area contributed by atoms with Crippen molar-refractivity contribution in [3.63, 3.8) is 0 Å². The molecule has 0 radical (unpaired) electrons. The number of amides is 1. The molecule has 2 aromatic carbocycles. The minimum absolute atomic E-state index is 0.00496. The van der Waals surface area contributed by atoms with Crippen LogP contribution in [0, 0.1) is 0 Å². The van der Waals surface area contributed by atoms with Gasteiger partial charge in [-0.3, -0.25) is 9.69 Å². The van der Waals surface area contributed by atoms with Gasteiger partial charge in [0, 0.05) is 36.5 Å². The number of piperidine rings is 1. The molecule has 0 saturated carbocycles. The van der Waals surface area contributed by atoms with Crippen molar-refractivity contribution >= 4 is 22.4 Å². The lowest BCUT2D eigenvalue weighted by atomic mass is 10.0. The van der Waals surface area contributed by atoms with Gasteiger partial charge in [-0.1, -0.05) is 30.3 Å². The summed E-state index contributed by atoms with van der Waals surface area (Å²) in [6.45, 7) is 3.88. The molecule has 0 spiro atoms. The quantitative estimate of drug-likeness (QED) is 0.506. The van der Waals surface area contributed by atoms with Crippen LogP contribution in [0.1, 0.15) is 24.8 Å². The second-order valence-corrected chi connectivity index (χ2v) is 8.91. The number of nitrogens with one attached hydrogen (secondary N) is 2. The van der Waals surface area contributed by atoms with Crippen LogP contribution in [0.15, 0.2) is 60.0 Å². The van der Waals surface area contributed by atoms with E-state index < -0.39 is 0 Å². The van der Waals surface area contributed by atoms with Crippen LogP contribution in [0.2, 0.25) is 0 Å². The maximum atomic E-state index is 12.3. The molecule has 1 aliphatic rings. The van der Waals surface area contributed by atoms with Crippen molar-refractivity contribution in [2.24, 2.45) is 0 Å². The number of thiazole rings is 1. The van der Waals surface area contributed by atoms with E-state index >= 15 is 0 Å². The monoisotopic (exact) mass is 450 g/mol. The van der Waals surface area contributed by atoms with Gasteiger partial charge in [0.05, 0.1) is 12.8 Å². The van der Waals surface area contributed by atoms with Crippen molar-refractivity contribution in [2.45, 2.75) is 31.8 Å². The Hall–Kier alpha value is -2.74. The number of ether oxygens (including phenoxy) is 1. The van der Waals surface area contributed by atoms with Gasteiger partial charge in [-0.25, -0.2) is 4.98 Å². The van der Waals surface area contributed by atoms with Crippen LogP contribution in [0.4, 0.5) is 5.13 Å². The summed E-state index contributed by atoms with van der Waals surface area (Å²) in [4.78, 5) is 19.4. The molecular weight excluding hydrogens is 420 g/mol. The molecule has 32 heavy (non-hydrogen) atoms. The summed E-state index contributed by atoms with van der Waals surface area (Å²) in [5.74, 6) is 0.807. The molecule has 2 heterocycles. The van der Waals surface area contributed by atoms with Crippen molar-refractivity contribution in [2.75, 3.05) is 32.1 Å². The van der Waals surface area contributed by atoms with Gasteiger partial charge in [-0.2, -0.15) is 0 Å². The minimum atomic E-state index is -0.00496. The summed E-state index contributed by atoms with van der Waals surface area (Å²) in [5, 5.41) is 9.06. The Kier molecular flexibility index (Phi) is 7.87. The lowest BCUT2D eigenvalue weighted by molar-refractivity contribution is -0.116. The van der Waals surface area contributed by atoms with Gasteiger partial charge in [-0.05, 0) is 55.8 Å². The number of carbonyl (C=O) groups is 1. The van der Waals surface area contributed by atoms with Crippen LogP contribution >= 0.6 is 11.3 Å². The fourth-order valence-corrected chi connectivity index (χ4v) is 4.67. The molecule has 168 valence electrons. The summed E-state index contributed by atoms with van der Waals surface area (Å²) in [5.41, 5.74) is 3.23. The highest BCUT2D eigenvalue weighted by molar-refractivity contribution is 7.14. The predicted octanol–water partition coefficient (Wildman–Crippen LogP) is 4.40. The van der Waals surface area contributed by atoms with E-state index in [0.717, 1.165) is 49.5 Å². The molecular formula is C25H30N4O2S. The van der Waals surface area contributed by atoms with Crippen LogP contribution in [0.3, 0.4) is 0 Å². The first kappa shape index (κ1) is 22.5. The lowest BCUT2D eigenvalue weighted by Crippen LogP contribution is -2.42. The highest BCUT2D eigenvalue weighted by atomic mass is 32.1. The Labute approximate surface area is 193 Å². The summed E-state index contributed by atoms with van der Waals surface area (Å²) in [7, 11) is 1.65. The Balaban J connectivity index is 1.15. The first-order valence-corrected chi connectivity index (χ1v) is 12.0. The molecule has 1 aromatic heterocycles. The highest BCUT2D eigenvalue weighted by Crippen LogP contribution is 2.26. The number of nitrogens with zero attached hydrogens (tertiary/aromatic N) is 2. The van der Waals surface area contributed by atoms with Gasteiger partial charge in [-0.15, -0.1) is 11.3 Å². The van der Waals surface area contributed by atoms with Crippen LogP contribution < -0.4 is 15.4 Å². The zero-order valence-corrected chi connectivity index (χ0v) is 19.2. The number of rotatable bonds is 9. The van der Waals surface area contributed by atoms with Gasteiger partial charge in [0.15, 0.2) is 5.13 Å². The summed E-state index contributed by atoms with van der Waals surface area (Å²) in [6.07, 6.45) is 2.68. The maximum absolute atomic E-state index is 12.3. The summed E-state index contributed by atoms with van der Waals surface area (Å²) >= 11 is 1.44. The highest BCUT2D eigenvalue weighted by Gasteiger charge is 2.19. The number of anilines is 1. The van der Waals surface area contributed by atoms with E-state index in [1.807, 2.05) is 29.6 Å². The number of hydrogen-bond donors (Lipinski definition) is 2. The zero-order chi connectivity index (χ0) is 22.2. The van der Waals surface area contributed by atoms with Crippen molar-refractivity contribution < 1.29 is 9.53 Å². The molecule has 1 saturated heterocycles. The SMILES string of the molecule is COc1ccc(-c2csc(NC(=O)CCNC3CCN(Cc4ccccc4)CC3)n2)cc1. The van der Waals surface area contributed by atoms with Crippen LogP contribution in [0.5, 0.6) is 5.75 Å². The topological polar surface area (TPSA) is 66.5 Å². The van der Waals surface area contributed by atoms with E-state index in [-0.39, 0.29) is 5.91 Å². The van der Waals surface area contributed by atoms with E-state index in [0.29, 0.717) is 24.1 Å². The van der Waals surface area contributed by atoms with Crippen LogP contribution in [-0.2, 0) is 11.3 Å². The van der Waals surface area contributed by atoms with Gasteiger partial charge in [0.25, 0.3) is 0 Å². The summed E-state index contributed by atoms with van der Waals surface area (Å²) < 4.78 is 5.19. The van der Waals surface area contributed by atoms with Gasteiger partial charge < -0.3 is 15.4 Å². The van der Waals surface area contributed by atoms with Crippen molar-refractivity contribution in [3.8, 4) is 17.0 Å². The predicted molar refractivity (Wildman–Crippen MR) is 130 cm³/mol. The average Bonchev–Trinajstić information content (AvgIpc) is 3.29. The van der Waals surface area contributed by atoms with E-state index in [2.05, 4.69) is 50.8 Å². The Morgan fingerprint density at radius 2 is 1.88 bits per heavy atom. The molecule has 4 rings (SSSR count). The third kappa shape index (κ3) is 6.38. The largest absolute Gasteiger partial charge is 0.497 e. The average molecular weight is 451 g/mol. The first-order chi connectivity index (χ1) is 15.7. The van der Waals surface area contributed by atoms with E-state index in [4.69, 9.17) is 4.74 Å². The molecule has 1 amide bonds. The number of benzene rings is 2. The Morgan fingerprint density at radius 3 is 2.59 bits per heavy atom. The third-order valence-electron chi connectivity index (χ3n) is 5.76. The van der Waals surface area contributed by atoms with E-state index in [9.17, 15) is 4.79 Å². The second-order valence-electron chi connectivity index (χ2n) is 8.05. The van der Waals surface area contributed by atoms with E-state index in [1.165, 1.54) is 16.9 Å². The molecule has 1 aliphatic heterocycles. The Bertz CT molecular complexity index is 983. The molecule has 2 N–H and O–H groups in total. The maximum Gasteiger partial charge on any atom is 0.227 e. The molecule has 1 fully saturated rings. The fourth-order valence-electron chi connectivity index (χ4n) is 3.93. The zero-order valence-electron chi connectivity index (χ0n) is 18.4. The lowest BCUT2D eigenvalue weighted by Gasteiger charge is -2.32. The van der Waals surface area contributed by atoms with Crippen molar-refractivity contribution in [3.05, 3.63) is 65.5 Å². The summed E-state index contributed by atoms with van der Waals surface area (Å²) in [6, 6.07) is 18.9. The molecule has 6 nitrogen and oxygen atoms in total. The molecule has 3 aromatic rings.